The summed E-state index contributed by atoms with van der Waals surface area (Å²) in [5.74, 6) is 0.296. The minimum absolute atomic E-state index is 0.0969. The van der Waals surface area contributed by atoms with Crippen molar-refractivity contribution in [1.29, 1.82) is 0 Å². The van der Waals surface area contributed by atoms with E-state index >= 15 is 0 Å². The number of ether oxygens (including phenoxy) is 3. The van der Waals surface area contributed by atoms with E-state index in [4.69, 9.17) is 14.2 Å². The fourth-order valence-electron chi connectivity index (χ4n) is 2.46. The molecule has 0 atom stereocenters. The molecular weight excluding hydrogens is 358 g/mol. The zero-order valence-corrected chi connectivity index (χ0v) is 16.4. The Hall–Kier alpha value is -2.86. The van der Waals surface area contributed by atoms with Crippen molar-refractivity contribution in [1.82, 2.24) is 0 Å². The molecule has 2 aromatic carbocycles. The van der Waals surface area contributed by atoms with Crippen molar-refractivity contribution in [3.63, 3.8) is 0 Å². The SMILES string of the molecule is CCc1ccc(OCCCC(=O)Nc2ccc(C(=O)OCCOC)cc2)cc1. The highest BCUT2D eigenvalue weighted by molar-refractivity contribution is 5.93. The number of carbonyl (C=O) groups excluding carboxylic acids is 2. The number of hydrogen-bond acceptors (Lipinski definition) is 5. The molecule has 28 heavy (non-hydrogen) atoms. The number of amides is 1. The molecule has 0 bridgehead atoms. The van der Waals surface area contributed by atoms with E-state index in [1.807, 2.05) is 24.3 Å². The summed E-state index contributed by atoms with van der Waals surface area (Å²) < 4.78 is 15.5. The lowest BCUT2D eigenvalue weighted by molar-refractivity contribution is -0.116. The Morgan fingerprint density at radius 2 is 1.64 bits per heavy atom. The van der Waals surface area contributed by atoms with Crippen LogP contribution < -0.4 is 10.1 Å². The van der Waals surface area contributed by atoms with Crippen LogP contribution in [0.3, 0.4) is 0 Å². The molecule has 0 fully saturated rings. The van der Waals surface area contributed by atoms with Crippen molar-refractivity contribution in [3.8, 4) is 5.75 Å². The largest absolute Gasteiger partial charge is 0.494 e. The minimum Gasteiger partial charge on any atom is -0.494 e. The van der Waals surface area contributed by atoms with Crippen molar-refractivity contribution in [2.75, 3.05) is 32.2 Å². The van der Waals surface area contributed by atoms with E-state index in [1.165, 1.54) is 5.56 Å². The molecule has 0 aliphatic heterocycles. The van der Waals surface area contributed by atoms with E-state index in [1.54, 1.807) is 31.4 Å². The van der Waals surface area contributed by atoms with Crippen LogP contribution in [-0.4, -0.2) is 38.8 Å². The van der Waals surface area contributed by atoms with E-state index < -0.39 is 5.97 Å². The number of hydrogen-bond donors (Lipinski definition) is 1. The number of anilines is 1. The highest BCUT2D eigenvalue weighted by atomic mass is 16.6. The molecule has 0 saturated carbocycles. The van der Waals surface area contributed by atoms with Crippen LogP contribution in [0.25, 0.3) is 0 Å². The summed E-state index contributed by atoms with van der Waals surface area (Å²) in [5, 5.41) is 2.81. The van der Waals surface area contributed by atoms with Gasteiger partial charge in [0.1, 0.15) is 12.4 Å². The standard InChI is InChI=1S/C22H27NO5/c1-3-17-6-12-20(13-7-17)27-14-4-5-21(24)23-19-10-8-18(9-11-19)22(25)28-16-15-26-2/h6-13H,3-5,14-16H2,1-2H3,(H,23,24). The fraction of sp³-hybridized carbons (Fsp3) is 0.364. The molecule has 0 unspecified atom stereocenters. The summed E-state index contributed by atoms with van der Waals surface area (Å²) in [6, 6.07) is 14.6. The Bertz CT molecular complexity index is 741. The van der Waals surface area contributed by atoms with Gasteiger partial charge in [-0.05, 0) is 54.8 Å². The lowest BCUT2D eigenvalue weighted by Crippen LogP contribution is -2.13. The molecule has 1 N–H and O–H groups in total. The summed E-state index contributed by atoms with van der Waals surface area (Å²) in [6.07, 6.45) is 1.97. The molecule has 2 aromatic rings. The normalized spacial score (nSPS) is 10.4. The van der Waals surface area contributed by atoms with Crippen molar-refractivity contribution in [2.45, 2.75) is 26.2 Å². The monoisotopic (exact) mass is 385 g/mol. The van der Waals surface area contributed by atoms with Crippen molar-refractivity contribution < 1.29 is 23.8 Å². The van der Waals surface area contributed by atoms with E-state index in [0.717, 1.165) is 12.2 Å². The summed E-state index contributed by atoms with van der Waals surface area (Å²) in [5.41, 5.74) is 2.33. The summed E-state index contributed by atoms with van der Waals surface area (Å²) >= 11 is 0. The number of esters is 1. The predicted molar refractivity (Wildman–Crippen MR) is 108 cm³/mol. The maximum atomic E-state index is 12.0. The van der Waals surface area contributed by atoms with Crippen LogP contribution in [0.2, 0.25) is 0 Å². The molecule has 0 heterocycles. The Kier molecular flexibility index (Phi) is 9.01. The first-order valence-corrected chi connectivity index (χ1v) is 9.40. The molecule has 0 spiro atoms. The Morgan fingerprint density at radius 3 is 2.29 bits per heavy atom. The highest BCUT2D eigenvalue weighted by Gasteiger charge is 2.08. The van der Waals surface area contributed by atoms with E-state index in [-0.39, 0.29) is 12.5 Å². The Balaban J connectivity index is 1.68. The minimum atomic E-state index is -0.418. The average Bonchev–Trinajstić information content (AvgIpc) is 2.72. The van der Waals surface area contributed by atoms with Gasteiger partial charge in [0.25, 0.3) is 0 Å². The molecule has 0 aliphatic rings. The van der Waals surface area contributed by atoms with Crippen LogP contribution in [0.15, 0.2) is 48.5 Å². The molecule has 0 aromatic heterocycles. The Labute approximate surface area is 165 Å². The molecule has 6 heteroatoms. The summed E-state index contributed by atoms with van der Waals surface area (Å²) in [4.78, 5) is 23.8. The van der Waals surface area contributed by atoms with Crippen LogP contribution >= 0.6 is 0 Å². The van der Waals surface area contributed by atoms with Gasteiger partial charge in [0.2, 0.25) is 5.91 Å². The highest BCUT2D eigenvalue weighted by Crippen LogP contribution is 2.14. The smallest absolute Gasteiger partial charge is 0.338 e. The molecule has 0 saturated heterocycles. The third-order valence-electron chi connectivity index (χ3n) is 4.07. The van der Waals surface area contributed by atoms with E-state index in [2.05, 4.69) is 12.2 Å². The number of carbonyl (C=O) groups is 2. The maximum Gasteiger partial charge on any atom is 0.338 e. The lowest BCUT2D eigenvalue weighted by Gasteiger charge is -2.08. The predicted octanol–water partition coefficient (Wildman–Crippen LogP) is 3.85. The first-order valence-electron chi connectivity index (χ1n) is 9.40. The van der Waals surface area contributed by atoms with Gasteiger partial charge in [-0.15, -0.1) is 0 Å². The maximum absolute atomic E-state index is 12.0. The second-order valence-corrected chi connectivity index (χ2v) is 6.20. The van der Waals surface area contributed by atoms with Gasteiger partial charge in [-0.25, -0.2) is 4.79 Å². The van der Waals surface area contributed by atoms with Crippen LogP contribution in [0.5, 0.6) is 5.75 Å². The topological polar surface area (TPSA) is 73.9 Å². The molecule has 0 aliphatic carbocycles. The van der Waals surface area contributed by atoms with Gasteiger partial charge in [-0.2, -0.15) is 0 Å². The van der Waals surface area contributed by atoms with Gasteiger partial charge in [0, 0.05) is 19.2 Å². The lowest BCUT2D eigenvalue weighted by atomic mass is 10.2. The van der Waals surface area contributed by atoms with Crippen LogP contribution in [0, 0.1) is 0 Å². The first-order chi connectivity index (χ1) is 13.6. The number of rotatable bonds is 11. The zero-order chi connectivity index (χ0) is 20.2. The fourth-order valence-corrected chi connectivity index (χ4v) is 2.46. The number of nitrogens with one attached hydrogen (secondary N) is 1. The quantitative estimate of drug-likeness (QED) is 0.470. The third kappa shape index (κ3) is 7.40. The van der Waals surface area contributed by atoms with Gasteiger partial charge < -0.3 is 19.5 Å². The van der Waals surface area contributed by atoms with E-state index in [9.17, 15) is 9.59 Å². The first kappa shape index (κ1) is 21.4. The number of aryl methyl sites for hydroxylation is 1. The van der Waals surface area contributed by atoms with Gasteiger partial charge in [0.05, 0.1) is 18.8 Å². The van der Waals surface area contributed by atoms with Gasteiger partial charge in [-0.1, -0.05) is 19.1 Å². The second kappa shape index (κ2) is 11.8. The van der Waals surface area contributed by atoms with Crippen molar-refractivity contribution >= 4 is 17.6 Å². The molecule has 2 rings (SSSR count). The summed E-state index contributed by atoms with van der Waals surface area (Å²) in [7, 11) is 1.54. The molecule has 0 radical (unpaired) electrons. The molecule has 1 amide bonds. The van der Waals surface area contributed by atoms with Crippen molar-refractivity contribution in [3.05, 3.63) is 59.7 Å². The van der Waals surface area contributed by atoms with E-state index in [0.29, 0.717) is 37.3 Å². The van der Waals surface area contributed by atoms with Gasteiger partial charge in [-0.3, -0.25) is 4.79 Å². The van der Waals surface area contributed by atoms with Crippen LogP contribution in [0.4, 0.5) is 5.69 Å². The third-order valence-corrected chi connectivity index (χ3v) is 4.07. The summed E-state index contributed by atoms with van der Waals surface area (Å²) in [6.45, 7) is 3.15. The van der Waals surface area contributed by atoms with Crippen LogP contribution in [0.1, 0.15) is 35.7 Å². The zero-order valence-electron chi connectivity index (χ0n) is 16.4. The molecule has 6 nitrogen and oxygen atoms in total. The van der Waals surface area contributed by atoms with Crippen LogP contribution in [-0.2, 0) is 20.7 Å². The molecule has 150 valence electrons. The average molecular weight is 385 g/mol. The van der Waals surface area contributed by atoms with Crippen molar-refractivity contribution in [2.24, 2.45) is 0 Å². The Morgan fingerprint density at radius 1 is 0.929 bits per heavy atom. The number of methoxy groups -OCH3 is 1. The number of benzene rings is 2. The van der Waals surface area contributed by atoms with Gasteiger partial charge >= 0.3 is 5.97 Å². The van der Waals surface area contributed by atoms with Gasteiger partial charge in [0.15, 0.2) is 0 Å². The second-order valence-electron chi connectivity index (χ2n) is 6.20. The molecular formula is C22H27NO5.